The number of amides is 2. The van der Waals surface area contributed by atoms with Gasteiger partial charge in [0.2, 0.25) is 5.91 Å². The number of hydrogen-bond acceptors (Lipinski definition) is 6. The minimum atomic E-state index is -0.233. The Morgan fingerprint density at radius 3 is 3.08 bits per heavy atom. The average Bonchev–Trinajstić information content (AvgIpc) is 3.28. The molecule has 2 aromatic rings. The van der Waals surface area contributed by atoms with Gasteiger partial charge in [-0.1, -0.05) is 30.0 Å². The average molecular weight is 379 g/mol. The number of nitrogens with zero attached hydrogens (tertiary/aromatic N) is 2. The Kier molecular flexibility index (Phi) is 5.44. The first kappa shape index (κ1) is 16.9. The van der Waals surface area contributed by atoms with E-state index >= 15 is 0 Å². The van der Waals surface area contributed by atoms with Crippen LogP contribution in [0.4, 0.5) is 0 Å². The van der Waals surface area contributed by atoms with E-state index < -0.39 is 0 Å². The van der Waals surface area contributed by atoms with E-state index in [4.69, 9.17) is 12.2 Å². The van der Waals surface area contributed by atoms with Crippen molar-refractivity contribution in [2.75, 3.05) is 13.1 Å². The molecule has 9 heteroatoms. The standard InChI is InChI=1S/C15H14N4O2S3/c20-13(17-4-3-10-7-16-9-18-10)8-19-14(21)12(24-15(19)22)6-11-2-1-5-23-11/h1-2,5-7,9H,3-4,8H2,(H,16,18)(H,17,20). The number of imidazole rings is 1. The predicted octanol–water partition coefficient (Wildman–Crippen LogP) is 2.03. The molecule has 1 aliphatic rings. The van der Waals surface area contributed by atoms with Crippen LogP contribution in [-0.2, 0) is 16.0 Å². The monoisotopic (exact) mass is 378 g/mol. The summed E-state index contributed by atoms with van der Waals surface area (Å²) in [4.78, 5) is 34.2. The van der Waals surface area contributed by atoms with Crippen LogP contribution in [0.1, 0.15) is 10.6 Å². The van der Waals surface area contributed by atoms with Gasteiger partial charge in [0.05, 0.1) is 11.2 Å². The van der Waals surface area contributed by atoms with E-state index in [9.17, 15) is 9.59 Å². The molecule has 0 saturated carbocycles. The molecule has 0 radical (unpaired) electrons. The van der Waals surface area contributed by atoms with Crippen LogP contribution < -0.4 is 5.32 Å². The van der Waals surface area contributed by atoms with Crippen molar-refractivity contribution in [2.24, 2.45) is 0 Å². The number of thiocarbonyl (C=S) groups is 1. The number of hydrogen-bond donors (Lipinski definition) is 2. The first-order valence-electron chi connectivity index (χ1n) is 7.16. The van der Waals surface area contributed by atoms with Crippen LogP contribution in [-0.4, -0.2) is 44.1 Å². The zero-order chi connectivity index (χ0) is 16.9. The fourth-order valence-electron chi connectivity index (χ4n) is 2.10. The first-order chi connectivity index (χ1) is 11.6. The molecule has 24 heavy (non-hydrogen) atoms. The summed E-state index contributed by atoms with van der Waals surface area (Å²) in [5.41, 5.74) is 0.944. The molecular formula is C15H14N4O2S3. The summed E-state index contributed by atoms with van der Waals surface area (Å²) >= 11 is 8.00. The first-order valence-corrected chi connectivity index (χ1v) is 9.27. The molecule has 0 unspecified atom stereocenters. The summed E-state index contributed by atoms with van der Waals surface area (Å²) in [6, 6.07) is 3.85. The van der Waals surface area contributed by atoms with Gasteiger partial charge in [0.15, 0.2) is 0 Å². The molecule has 1 fully saturated rings. The van der Waals surface area contributed by atoms with Gasteiger partial charge in [-0.3, -0.25) is 14.5 Å². The van der Waals surface area contributed by atoms with E-state index in [1.165, 1.54) is 16.7 Å². The van der Waals surface area contributed by atoms with Gasteiger partial charge in [0.25, 0.3) is 5.91 Å². The van der Waals surface area contributed by atoms with Gasteiger partial charge in [0, 0.05) is 29.7 Å². The number of thiophene rings is 1. The van der Waals surface area contributed by atoms with Crippen LogP contribution in [0, 0.1) is 0 Å². The second-order valence-corrected chi connectivity index (χ2v) is 7.62. The molecule has 2 amide bonds. The van der Waals surface area contributed by atoms with Crippen molar-refractivity contribution >= 4 is 57.5 Å². The molecule has 3 heterocycles. The van der Waals surface area contributed by atoms with Crippen LogP contribution in [0.5, 0.6) is 0 Å². The Hall–Kier alpha value is -1.97. The van der Waals surface area contributed by atoms with Crippen molar-refractivity contribution in [1.29, 1.82) is 0 Å². The van der Waals surface area contributed by atoms with Crippen LogP contribution in [0.2, 0.25) is 0 Å². The highest BCUT2D eigenvalue weighted by atomic mass is 32.2. The number of H-pyrrole nitrogens is 1. The SMILES string of the molecule is O=C(CN1C(=O)C(=Cc2cccs2)SC1=S)NCCc1cnc[nH]1. The van der Waals surface area contributed by atoms with Gasteiger partial charge in [-0.15, -0.1) is 11.3 Å². The highest BCUT2D eigenvalue weighted by molar-refractivity contribution is 8.26. The number of carbonyl (C=O) groups is 2. The molecule has 0 bridgehead atoms. The Labute approximate surface area is 152 Å². The van der Waals surface area contributed by atoms with Crippen LogP contribution in [0.25, 0.3) is 6.08 Å². The Bertz CT molecular complexity index is 769. The largest absolute Gasteiger partial charge is 0.354 e. The smallest absolute Gasteiger partial charge is 0.266 e. The second kappa shape index (κ2) is 7.73. The molecule has 6 nitrogen and oxygen atoms in total. The Morgan fingerprint density at radius 1 is 1.50 bits per heavy atom. The second-order valence-electron chi connectivity index (χ2n) is 4.96. The highest BCUT2D eigenvalue weighted by Crippen LogP contribution is 2.32. The molecule has 1 aliphatic heterocycles. The van der Waals surface area contributed by atoms with Gasteiger partial charge in [-0.25, -0.2) is 4.98 Å². The number of aromatic nitrogens is 2. The highest BCUT2D eigenvalue weighted by Gasteiger charge is 2.33. The summed E-state index contributed by atoms with van der Waals surface area (Å²) in [5, 5.41) is 4.73. The minimum absolute atomic E-state index is 0.0601. The zero-order valence-electron chi connectivity index (χ0n) is 12.5. The maximum Gasteiger partial charge on any atom is 0.266 e. The zero-order valence-corrected chi connectivity index (χ0v) is 15.0. The quantitative estimate of drug-likeness (QED) is 0.594. The third-order valence-corrected chi connectivity index (χ3v) is 5.46. The van der Waals surface area contributed by atoms with Crippen molar-refractivity contribution in [2.45, 2.75) is 6.42 Å². The molecule has 0 atom stereocenters. The summed E-state index contributed by atoms with van der Waals surface area (Å²) in [5.74, 6) is -0.453. The van der Waals surface area contributed by atoms with E-state index in [0.29, 0.717) is 22.2 Å². The minimum Gasteiger partial charge on any atom is -0.354 e. The summed E-state index contributed by atoms with van der Waals surface area (Å²) < 4.78 is 0.409. The maximum absolute atomic E-state index is 12.4. The molecule has 0 spiro atoms. The van der Waals surface area contributed by atoms with Gasteiger partial charge in [-0.05, 0) is 17.5 Å². The normalized spacial score (nSPS) is 16.2. The van der Waals surface area contributed by atoms with E-state index in [1.807, 2.05) is 17.5 Å². The molecule has 124 valence electrons. The predicted molar refractivity (Wildman–Crippen MR) is 99.5 cm³/mol. The van der Waals surface area contributed by atoms with Crippen LogP contribution in [0.3, 0.4) is 0 Å². The molecule has 0 aromatic carbocycles. The number of rotatable bonds is 6. The number of aromatic amines is 1. The summed E-state index contributed by atoms with van der Waals surface area (Å²) in [6.45, 7) is 0.413. The van der Waals surface area contributed by atoms with Gasteiger partial charge >= 0.3 is 0 Å². The van der Waals surface area contributed by atoms with Crippen molar-refractivity contribution in [3.05, 3.63) is 45.5 Å². The summed E-state index contributed by atoms with van der Waals surface area (Å²) in [6.07, 6.45) is 5.77. The number of carbonyl (C=O) groups excluding carboxylic acids is 2. The van der Waals surface area contributed by atoms with E-state index in [-0.39, 0.29) is 18.4 Å². The molecule has 0 aliphatic carbocycles. The number of nitrogens with one attached hydrogen (secondary N) is 2. The lowest BCUT2D eigenvalue weighted by atomic mass is 10.3. The van der Waals surface area contributed by atoms with Crippen LogP contribution >= 0.6 is 35.3 Å². The van der Waals surface area contributed by atoms with Gasteiger partial charge in [-0.2, -0.15) is 0 Å². The van der Waals surface area contributed by atoms with Gasteiger partial charge < -0.3 is 10.3 Å². The van der Waals surface area contributed by atoms with Crippen molar-refractivity contribution in [3.63, 3.8) is 0 Å². The van der Waals surface area contributed by atoms with E-state index in [1.54, 1.807) is 29.9 Å². The van der Waals surface area contributed by atoms with Crippen molar-refractivity contribution < 1.29 is 9.59 Å². The third kappa shape index (κ3) is 4.11. The molecule has 3 rings (SSSR count). The molecule has 2 N–H and O–H groups in total. The molecule has 2 aromatic heterocycles. The Balaban J connectivity index is 1.53. The molecular weight excluding hydrogens is 364 g/mol. The third-order valence-electron chi connectivity index (χ3n) is 3.26. The number of thioether (sulfide) groups is 1. The lowest BCUT2D eigenvalue weighted by Crippen LogP contribution is -2.40. The molecule has 1 saturated heterocycles. The van der Waals surface area contributed by atoms with Crippen molar-refractivity contribution in [1.82, 2.24) is 20.2 Å². The fourth-order valence-corrected chi connectivity index (χ4v) is 4.07. The topological polar surface area (TPSA) is 78.1 Å². The summed E-state index contributed by atoms with van der Waals surface area (Å²) in [7, 11) is 0. The Morgan fingerprint density at radius 2 is 2.38 bits per heavy atom. The lowest BCUT2D eigenvalue weighted by molar-refractivity contribution is -0.128. The maximum atomic E-state index is 12.4. The van der Waals surface area contributed by atoms with Crippen LogP contribution in [0.15, 0.2) is 34.9 Å². The van der Waals surface area contributed by atoms with E-state index in [2.05, 4.69) is 15.3 Å². The van der Waals surface area contributed by atoms with Gasteiger partial charge in [0.1, 0.15) is 10.9 Å². The van der Waals surface area contributed by atoms with Crippen molar-refractivity contribution in [3.8, 4) is 0 Å². The fraction of sp³-hybridized carbons (Fsp3) is 0.200. The lowest BCUT2D eigenvalue weighted by Gasteiger charge is -2.13. The van der Waals surface area contributed by atoms with E-state index in [0.717, 1.165) is 10.6 Å².